The van der Waals surface area contributed by atoms with Crippen molar-refractivity contribution in [2.45, 2.75) is 55.4 Å². The van der Waals surface area contributed by atoms with E-state index in [2.05, 4.69) is 10.6 Å². The normalized spacial score (nSPS) is 26.9. The third kappa shape index (κ3) is 5.77. The molecular weight excluding hydrogens is 568 g/mol. The number of aliphatic hydroxyl groups excluding tert-OH is 1. The summed E-state index contributed by atoms with van der Waals surface area (Å²) in [4.78, 5) is 39.0. The first-order valence-corrected chi connectivity index (χ1v) is 13.6. The minimum atomic E-state index is -1.06. The molecule has 214 valence electrons. The molecule has 10 nitrogen and oxygen atoms in total. The minimum Gasteiger partial charge on any atom is -0.484 e. The number of hydrogen-bond acceptors (Lipinski definition) is 7. The van der Waals surface area contributed by atoms with Gasteiger partial charge < -0.3 is 35.2 Å². The fourth-order valence-corrected chi connectivity index (χ4v) is 6.09. The van der Waals surface area contributed by atoms with E-state index in [0.29, 0.717) is 42.1 Å². The van der Waals surface area contributed by atoms with Crippen LogP contribution in [0.15, 0.2) is 36.4 Å². The van der Waals surface area contributed by atoms with Crippen LogP contribution in [-0.4, -0.2) is 71.0 Å². The molecule has 3 aliphatic carbocycles. The zero-order chi connectivity index (χ0) is 28.7. The summed E-state index contributed by atoms with van der Waals surface area (Å²) >= 11 is 11.7. The molecule has 2 aromatic carbocycles. The van der Waals surface area contributed by atoms with Crippen molar-refractivity contribution in [3.63, 3.8) is 0 Å². The summed E-state index contributed by atoms with van der Waals surface area (Å²) in [7, 11) is 0. The number of aliphatic carboxylic acids is 1. The molecule has 3 fully saturated rings. The number of nitrogens with zero attached hydrogens (tertiary/aromatic N) is 1. The average Bonchev–Trinajstić information content (AvgIpc) is 2.90. The summed E-state index contributed by atoms with van der Waals surface area (Å²) in [6.07, 6.45) is 0.198. The summed E-state index contributed by atoms with van der Waals surface area (Å²) in [6, 6.07) is 8.67. The maximum absolute atomic E-state index is 13.6. The van der Waals surface area contributed by atoms with Crippen molar-refractivity contribution >= 4 is 46.7 Å². The topological polar surface area (TPSA) is 137 Å². The van der Waals surface area contributed by atoms with Crippen LogP contribution in [0.2, 0.25) is 10.0 Å². The first kappa shape index (κ1) is 28.3. The second-order valence-electron chi connectivity index (χ2n) is 10.6. The standard InChI is InChI=1S/C27H28Cl2FN3O7/c28-15-1-4-20-19(9-15)33(13-24(36)37)12-21(40-20)25(38)32-26-5-7-27(8-6-26,22(34)11-26)31-23(35)14-39-16-2-3-17(29)18(30)10-16/h1-4,9-10,21-22,34H,5-8,11-14H2,(H,31,35)(H,32,38)(H,36,37)/t21-,22-,26?,27?/m0/s1. The maximum atomic E-state index is 13.6. The molecule has 0 unspecified atom stereocenters. The molecule has 4 aliphatic rings. The van der Waals surface area contributed by atoms with Gasteiger partial charge in [0.1, 0.15) is 23.9 Å². The molecule has 0 spiro atoms. The van der Waals surface area contributed by atoms with Gasteiger partial charge in [0.15, 0.2) is 12.7 Å². The van der Waals surface area contributed by atoms with Crippen LogP contribution >= 0.6 is 23.2 Å². The van der Waals surface area contributed by atoms with E-state index in [0.717, 1.165) is 6.07 Å². The molecular formula is C27H28Cl2FN3O7. The van der Waals surface area contributed by atoms with Gasteiger partial charge in [-0.05, 0) is 62.4 Å². The van der Waals surface area contributed by atoms with Crippen molar-refractivity contribution in [2.75, 3.05) is 24.6 Å². The number of carboxylic acid groups (broad SMARTS) is 1. The lowest BCUT2D eigenvalue weighted by atomic mass is 9.60. The minimum absolute atomic E-state index is 0.0155. The zero-order valence-electron chi connectivity index (χ0n) is 21.3. The first-order chi connectivity index (χ1) is 19.0. The van der Waals surface area contributed by atoms with E-state index in [1.807, 2.05) is 0 Å². The van der Waals surface area contributed by atoms with Crippen LogP contribution in [0.25, 0.3) is 0 Å². The van der Waals surface area contributed by atoms with Crippen LogP contribution in [-0.2, 0) is 14.4 Å². The summed E-state index contributed by atoms with van der Waals surface area (Å²) < 4.78 is 24.9. The summed E-state index contributed by atoms with van der Waals surface area (Å²) in [5.74, 6) is -2.08. The van der Waals surface area contributed by atoms with Gasteiger partial charge in [-0.25, -0.2) is 4.39 Å². The molecule has 1 heterocycles. The number of fused-ring (bicyclic) bond motifs is 4. The van der Waals surface area contributed by atoms with Crippen LogP contribution in [0.4, 0.5) is 10.1 Å². The molecule has 2 amide bonds. The number of carbonyl (C=O) groups excluding carboxylic acids is 2. The fraction of sp³-hybridized carbons (Fsp3) is 0.444. The van der Waals surface area contributed by atoms with Crippen LogP contribution < -0.4 is 25.0 Å². The molecule has 40 heavy (non-hydrogen) atoms. The highest BCUT2D eigenvalue weighted by Crippen LogP contribution is 2.47. The van der Waals surface area contributed by atoms with E-state index in [1.54, 1.807) is 18.2 Å². The lowest BCUT2D eigenvalue weighted by Gasteiger charge is -2.56. The number of hydrogen-bond donors (Lipinski definition) is 4. The van der Waals surface area contributed by atoms with Crippen molar-refractivity contribution < 1.29 is 38.5 Å². The van der Waals surface area contributed by atoms with Crippen molar-refractivity contribution in [1.82, 2.24) is 10.6 Å². The predicted molar refractivity (Wildman–Crippen MR) is 143 cm³/mol. The highest BCUT2D eigenvalue weighted by molar-refractivity contribution is 6.31. The number of rotatable bonds is 8. The van der Waals surface area contributed by atoms with E-state index in [1.165, 1.54) is 17.0 Å². The van der Waals surface area contributed by atoms with Gasteiger partial charge in [0, 0.05) is 16.6 Å². The number of anilines is 1. The van der Waals surface area contributed by atoms with Crippen LogP contribution in [0, 0.1) is 5.82 Å². The Labute approximate surface area is 239 Å². The molecule has 2 bridgehead atoms. The molecule has 1 aliphatic heterocycles. The Kier molecular flexibility index (Phi) is 7.73. The van der Waals surface area contributed by atoms with E-state index in [9.17, 15) is 29.0 Å². The van der Waals surface area contributed by atoms with Crippen molar-refractivity contribution in [1.29, 1.82) is 0 Å². The van der Waals surface area contributed by atoms with Crippen LogP contribution in [0.1, 0.15) is 32.1 Å². The number of amides is 2. The maximum Gasteiger partial charge on any atom is 0.323 e. The number of ether oxygens (including phenoxy) is 2. The summed E-state index contributed by atoms with van der Waals surface area (Å²) in [5, 5.41) is 26.7. The fourth-order valence-electron chi connectivity index (χ4n) is 5.81. The zero-order valence-corrected chi connectivity index (χ0v) is 22.8. The largest absolute Gasteiger partial charge is 0.484 e. The number of benzene rings is 2. The smallest absolute Gasteiger partial charge is 0.323 e. The van der Waals surface area contributed by atoms with Gasteiger partial charge in [-0.1, -0.05) is 23.2 Å². The van der Waals surface area contributed by atoms with Crippen molar-refractivity contribution in [3.8, 4) is 11.5 Å². The molecule has 0 saturated heterocycles. The Balaban J connectivity index is 1.19. The highest BCUT2D eigenvalue weighted by Gasteiger charge is 2.55. The molecule has 4 N–H and O–H groups in total. The Bertz CT molecular complexity index is 1340. The summed E-state index contributed by atoms with van der Waals surface area (Å²) in [5.41, 5.74) is -1.06. The third-order valence-corrected chi connectivity index (χ3v) is 8.44. The quantitative estimate of drug-likeness (QED) is 0.365. The highest BCUT2D eigenvalue weighted by atomic mass is 35.5. The first-order valence-electron chi connectivity index (χ1n) is 12.8. The van der Waals surface area contributed by atoms with Gasteiger partial charge in [0.05, 0.1) is 28.9 Å². The third-order valence-electron chi connectivity index (χ3n) is 7.89. The van der Waals surface area contributed by atoms with Gasteiger partial charge in [0.2, 0.25) is 0 Å². The monoisotopic (exact) mass is 595 g/mol. The SMILES string of the molecule is O=C(O)CN1C[C@@H](C(=O)NC23CCC(NC(=O)COc4ccc(Cl)c(F)c4)(CC2)[C@@H](O)C3)Oc2ccc(Cl)cc21. The number of nitrogens with one attached hydrogen (secondary N) is 2. The van der Waals surface area contributed by atoms with Gasteiger partial charge >= 0.3 is 5.97 Å². The lowest BCUT2D eigenvalue weighted by Crippen LogP contribution is -2.71. The Hall–Kier alpha value is -3.28. The van der Waals surface area contributed by atoms with Gasteiger partial charge in [-0.3, -0.25) is 14.4 Å². The van der Waals surface area contributed by atoms with Gasteiger partial charge in [-0.2, -0.15) is 0 Å². The molecule has 0 aromatic heterocycles. The second kappa shape index (κ2) is 10.9. The molecule has 2 aromatic rings. The van der Waals surface area contributed by atoms with Gasteiger partial charge in [0.25, 0.3) is 11.8 Å². The van der Waals surface area contributed by atoms with Crippen molar-refractivity contribution in [2.24, 2.45) is 0 Å². The molecule has 6 rings (SSSR count). The molecule has 2 atom stereocenters. The predicted octanol–water partition coefficient (Wildman–Crippen LogP) is 2.91. The van der Waals surface area contributed by atoms with Gasteiger partial charge in [-0.15, -0.1) is 0 Å². The Morgan fingerprint density at radius 2 is 1.85 bits per heavy atom. The molecule has 3 saturated carbocycles. The lowest BCUT2D eigenvalue weighted by molar-refractivity contribution is -0.139. The number of aliphatic hydroxyl groups is 1. The van der Waals surface area contributed by atoms with Crippen molar-refractivity contribution in [3.05, 3.63) is 52.3 Å². The molecule has 13 heteroatoms. The van der Waals surface area contributed by atoms with E-state index in [4.69, 9.17) is 32.7 Å². The van der Waals surface area contributed by atoms with E-state index in [-0.39, 0.29) is 36.9 Å². The van der Waals surface area contributed by atoms with E-state index >= 15 is 0 Å². The molecule has 0 radical (unpaired) electrons. The van der Waals surface area contributed by atoms with Crippen LogP contribution in [0.3, 0.4) is 0 Å². The average molecular weight is 596 g/mol. The number of carboxylic acids is 1. The number of halogens is 3. The Morgan fingerprint density at radius 3 is 2.52 bits per heavy atom. The Morgan fingerprint density at radius 1 is 1.10 bits per heavy atom. The van der Waals surface area contributed by atoms with E-state index < -0.39 is 46.9 Å². The summed E-state index contributed by atoms with van der Waals surface area (Å²) in [6.45, 7) is -0.680. The number of carbonyl (C=O) groups is 3. The van der Waals surface area contributed by atoms with Crippen LogP contribution in [0.5, 0.6) is 11.5 Å². The second-order valence-corrected chi connectivity index (χ2v) is 11.4.